The number of alkyl halides is 2. The van der Waals surface area contributed by atoms with Gasteiger partial charge in [0.05, 0.1) is 11.9 Å². The fraction of sp³-hybridized carbons (Fsp3) is 0.357. The van der Waals surface area contributed by atoms with Crippen LogP contribution in [0.3, 0.4) is 0 Å². The molecule has 2 aromatic rings. The van der Waals surface area contributed by atoms with E-state index in [-0.39, 0.29) is 5.69 Å². The molecule has 0 saturated heterocycles. The summed E-state index contributed by atoms with van der Waals surface area (Å²) in [6.45, 7) is 0.445. The normalized spacial score (nSPS) is 15.0. The van der Waals surface area contributed by atoms with E-state index >= 15 is 0 Å². The highest BCUT2D eigenvalue weighted by molar-refractivity contribution is 9.10. The Morgan fingerprint density at radius 3 is 2.60 bits per heavy atom. The summed E-state index contributed by atoms with van der Waals surface area (Å²) in [5, 5.41) is 7.36. The number of aromatic nitrogens is 2. The van der Waals surface area contributed by atoms with Crippen molar-refractivity contribution in [1.82, 2.24) is 15.1 Å². The van der Waals surface area contributed by atoms with Crippen LogP contribution in [0.25, 0.3) is 5.69 Å². The van der Waals surface area contributed by atoms with Crippen LogP contribution < -0.4 is 5.32 Å². The average molecular weight is 342 g/mol. The molecule has 20 heavy (non-hydrogen) atoms. The first kappa shape index (κ1) is 13.7. The van der Waals surface area contributed by atoms with Crippen molar-refractivity contribution in [1.29, 1.82) is 0 Å². The summed E-state index contributed by atoms with van der Waals surface area (Å²) in [5.74, 6) is 0. The second kappa shape index (κ2) is 5.61. The second-order valence-corrected chi connectivity index (χ2v) is 5.81. The van der Waals surface area contributed by atoms with Gasteiger partial charge >= 0.3 is 0 Å². The van der Waals surface area contributed by atoms with Gasteiger partial charge in [0.15, 0.2) is 0 Å². The van der Waals surface area contributed by atoms with E-state index in [9.17, 15) is 8.78 Å². The third-order valence-electron chi connectivity index (χ3n) is 3.32. The quantitative estimate of drug-likeness (QED) is 0.895. The van der Waals surface area contributed by atoms with Crippen molar-refractivity contribution in [2.24, 2.45) is 0 Å². The summed E-state index contributed by atoms with van der Waals surface area (Å²) < 4.78 is 28.9. The zero-order chi connectivity index (χ0) is 14.1. The van der Waals surface area contributed by atoms with Crippen molar-refractivity contribution < 1.29 is 8.78 Å². The van der Waals surface area contributed by atoms with Crippen LogP contribution in [0.2, 0.25) is 0 Å². The number of hydrogen-bond donors (Lipinski definition) is 1. The number of nitrogens with zero attached hydrogens (tertiary/aromatic N) is 2. The molecular weight excluding hydrogens is 328 g/mol. The molecule has 0 bridgehead atoms. The summed E-state index contributed by atoms with van der Waals surface area (Å²) in [5.41, 5.74) is 1.18. The van der Waals surface area contributed by atoms with Gasteiger partial charge in [-0.15, -0.1) is 0 Å². The molecule has 1 N–H and O–H groups in total. The van der Waals surface area contributed by atoms with Gasteiger partial charge in [0, 0.05) is 22.6 Å². The minimum absolute atomic E-state index is 0.0273. The molecule has 1 aromatic heterocycles. The lowest BCUT2D eigenvalue weighted by atomic mass is 10.2. The maximum absolute atomic E-state index is 13.3. The Kier molecular flexibility index (Phi) is 3.85. The first-order valence-electron chi connectivity index (χ1n) is 6.49. The zero-order valence-electron chi connectivity index (χ0n) is 10.7. The maximum Gasteiger partial charge on any atom is 0.280 e. The van der Waals surface area contributed by atoms with Gasteiger partial charge in [0.2, 0.25) is 0 Å². The highest BCUT2D eigenvalue weighted by atomic mass is 79.9. The van der Waals surface area contributed by atoms with Gasteiger partial charge in [-0.1, -0.05) is 15.9 Å². The van der Waals surface area contributed by atoms with Gasteiger partial charge in [0.25, 0.3) is 6.43 Å². The Morgan fingerprint density at radius 1 is 1.30 bits per heavy atom. The van der Waals surface area contributed by atoms with E-state index in [0.717, 1.165) is 17.3 Å². The van der Waals surface area contributed by atoms with Crippen molar-refractivity contribution in [3.63, 3.8) is 0 Å². The van der Waals surface area contributed by atoms with Gasteiger partial charge in [-0.3, -0.25) is 0 Å². The van der Waals surface area contributed by atoms with Crippen molar-refractivity contribution in [2.75, 3.05) is 0 Å². The number of nitrogens with one attached hydrogen (secondary N) is 1. The largest absolute Gasteiger partial charge is 0.310 e. The molecule has 0 atom stereocenters. The summed E-state index contributed by atoms with van der Waals surface area (Å²) in [6, 6.07) is 7.64. The SMILES string of the molecule is FC(F)c1c(CNC2CC2)cnn1-c1ccc(Br)cc1. The van der Waals surface area contributed by atoms with Gasteiger partial charge in [0.1, 0.15) is 5.69 Å². The zero-order valence-corrected chi connectivity index (χ0v) is 12.3. The van der Waals surface area contributed by atoms with E-state index < -0.39 is 6.43 Å². The highest BCUT2D eigenvalue weighted by Gasteiger charge is 2.24. The van der Waals surface area contributed by atoms with E-state index in [4.69, 9.17) is 0 Å². The molecule has 3 nitrogen and oxygen atoms in total. The Labute approximate surface area is 124 Å². The lowest BCUT2D eigenvalue weighted by Crippen LogP contribution is -2.16. The monoisotopic (exact) mass is 341 g/mol. The van der Waals surface area contributed by atoms with Crippen molar-refractivity contribution in [3.05, 3.63) is 46.2 Å². The molecule has 0 spiro atoms. The summed E-state index contributed by atoms with van der Waals surface area (Å²) in [7, 11) is 0. The number of halogens is 3. The minimum atomic E-state index is -2.54. The molecule has 1 heterocycles. The van der Waals surface area contributed by atoms with E-state index in [1.807, 2.05) is 12.1 Å². The van der Waals surface area contributed by atoms with Crippen LogP contribution in [0.4, 0.5) is 8.78 Å². The average Bonchev–Trinajstić information content (AvgIpc) is 3.15. The number of rotatable bonds is 5. The van der Waals surface area contributed by atoms with Crippen LogP contribution in [0.15, 0.2) is 34.9 Å². The Hall–Kier alpha value is -1.27. The number of hydrogen-bond acceptors (Lipinski definition) is 2. The van der Waals surface area contributed by atoms with Crippen LogP contribution in [-0.2, 0) is 6.54 Å². The fourth-order valence-corrected chi connectivity index (χ4v) is 2.35. The summed E-state index contributed by atoms with van der Waals surface area (Å²) >= 11 is 3.33. The van der Waals surface area contributed by atoms with Crippen LogP contribution in [0.1, 0.15) is 30.5 Å². The van der Waals surface area contributed by atoms with Crippen LogP contribution in [0, 0.1) is 0 Å². The second-order valence-electron chi connectivity index (χ2n) is 4.90. The third-order valence-corrected chi connectivity index (χ3v) is 3.85. The molecule has 0 amide bonds. The first-order valence-corrected chi connectivity index (χ1v) is 7.28. The van der Waals surface area contributed by atoms with Gasteiger partial charge in [-0.2, -0.15) is 5.10 Å². The molecular formula is C14H14BrF2N3. The molecule has 6 heteroatoms. The van der Waals surface area contributed by atoms with Crippen LogP contribution in [-0.4, -0.2) is 15.8 Å². The van der Waals surface area contributed by atoms with Gasteiger partial charge in [-0.05, 0) is 37.1 Å². The molecule has 0 unspecified atom stereocenters. The van der Waals surface area contributed by atoms with Crippen molar-refractivity contribution in [3.8, 4) is 5.69 Å². The third kappa shape index (κ3) is 2.91. The summed E-state index contributed by atoms with van der Waals surface area (Å²) in [4.78, 5) is 0. The van der Waals surface area contributed by atoms with Gasteiger partial charge < -0.3 is 5.32 Å². The highest BCUT2D eigenvalue weighted by Crippen LogP contribution is 2.27. The van der Waals surface area contributed by atoms with E-state index in [2.05, 4.69) is 26.3 Å². The minimum Gasteiger partial charge on any atom is -0.310 e. The lowest BCUT2D eigenvalue weighted by Gasteiger charge is -2.09. The van der Waals surface area contributed by atoms with E-state index in [1.54, 1.807) is 12.1 Å². The van der Waals surface area contributed by atoms with Crippen LogP contribution in [0.5, 0.6) is 0 Å². The predicted molar refractivity (Wildman–Crippen MR) is 76.1 cm³/mol. The Morgan fingerprint density at radius 2 is 2.00 bits per heavy atom. The lowest BCUT2D eigenvalue weighted by molar-refractivity contribution is 0.141. The molecule has 0 aliphatic heterocycles. The maximum atomic E-state index is 13.3. The van der Waals surface area contributed by atoms with Gasteiger partial charge in [-0.25, -0.2) is 13.5 Å². The standard InChI is InChI=1S/C14H14BrF2N3/c15-10-1-5-12(6-2-10)20-13(14(16)17)9(8-19-20)7-18-11-3-4-11/h1-2,5-6,8,11,14,18H,3-4,7H2. The van der Waals surface area contributed by atoms with Crippen molar-refractivity contribution in [2.45, 2.75) is 31.9 Å². The topological polar surface area (TPSA) is 29.9 Å². The molecule has 1 aromatic carbocycles. The van der Waals surface area contributed by atoms with Crippen LogP contribution >= 0.6 is 15.9 Å². The first-order chi connectivity index (χ1) is 9.65. The molecule has 3 rings (SSSR count). The summed E-state index contributed by atoms with van der Waals surface area (Å²) in [6.07, 6.45) is 1.24. The van der Waals surface area contributed by atoms with E-state index in [0.29, 0.717) is 23.8 Å². The number of benzene rings is 1. The molecule has 1 saturated carbocycles. The molecule has 0 radical (unpaired) electrons. The fourth-order valence-electron chi connectivity index (χ4n) is 2.09. The molecule has 1 fully saturated rings. The Bertz CT molecular complexity index is 591. The molecule has 1 aliphatic rings. The van der Waals surface area contributed by atoms with Crippen molar-refractivity contribution >= 4 is 15.9 Å². The predicted octanol–water partition coefficient (Wildman–Crippen LogP) is 3.82. The smallest absolute Gasteiger partial charge is 0.280 e. The molecule has 106 valence electrons. The molecule has 1 aliphatic carbocycles. The van der Waals surface area contributed by atoms with E-state index in [1.165, 1.54) is 10.9 Å². The Balaban J connectivity index is 1.91.